The van der Waals surface area contributed by atoms with Gasteiger partial charge in [-0.3, -0.25) is 0 Å². The van der Waals surface area contributed by atoms with Gasteiger partial charge in [0.1, 0.15) is 0 Å². The Morgan fingerprint density at radius 3 is 2.59 bits per heavy atom. The normalized spacial score (nSPS) is 23.2. The van der Waals surface area contributed by atoms with E-state index in [2.05, 4.69) is 63.8 Å². The Labute approximate surface area is 104 Å². The first-order valence-electron chi connectivity index (χ1n) is 6.28. The molecule has 0 N–H and O–H groups in total. The molecule has 1 atom stereocenters. The minimum Gasteiger partial charge on any atom is -0.0987 e. The van der Waals surface area contributed by atoms with Gasteiger partial charge in [0.05, 0.1) is 0 Å². The zero-order valence-electron chi connectivity index (χ0n) is 11.0. The van der Waals surface area contributed by atoms with Crippen LogP contribution in [0.25, 0.3) is 5.57 Å². The monoisotopic (exact) mass is 224 g/mol. The quantitative estimate of drug-likeness (QED) is 0.686. The van der Waals surface area contributed by atoms with Crippen molar-refractivity contribution in [1.29, 1.82) is 0 Å². The van der Waals surface area contributed by atoms with E-state index in [9.17, 15) is 0 Å². The molecular formula is C17H20. The minimum atomic E-state index is 0.118. The summed E-state index contributed by atoms with van der Waals surface area (Å²) >= 11 is 0. The van der Waals surface area contributed by atoms with Crippen LogP contribution in [-0.2, 0) is 5.41 Å². The topological polar surface area (TPSA) is 0 Å². The van der Waals surface area contributed by atoms with E-state index < -0.39 is 0 Å². The largest absolute Gasteiger partial charge is 0.0987 e. The number of fused-ring (bicyclic) bond motifs is 1. The van der Waals surface area contributed by atoms with Crippen molar-refractivity contribution in [3.05, 3.63) is 65.8 Å². The molecule has 1 unspecified atom stereocenters. The summed E-state index contributed by atoms with van der Waals surface area (Å²) in [7, 11) is 0. The molecule has 0 saturated heterocycles. The highest BCUT2D eigenvalue weighted by Gasteiger charge is 2.37. The van der Waals surface area contributed by atoms with Gasteiger partial charge in [-0.05, 0) is 35.6 Å². The van der Waals surface area contributed by atoms with Crippen LogP contribution in [0.1, 0.15) is 38.3 Å². The fourth-order valence-electron chi connectivity index (χ4n) is 2.85. The van der Waals surface area contributed by atoms with Crippen molar-refractivity contribution < 1.29 is 0 Å². The second kappa shape index (κ2) is 4.37. The van der Waals surface area contributed by atoms with Crippen molar-refractivity contribution >= 4 is 5.57 Å². The smallest absolute Gasteiger partial charge is 0.0184 e. The van der Waals surface area contributed by atoms with Crippen LogP contribution in [0.2, 0.25) is 0 Å². The van der Waals surface area contributed by atoms with Crippen LogP contribution in [0.3, 0.4) is 0 Å². The zero-order chi connectivity index (χ0) is 12.5. The van der Waals surface area contributed by atoms with Crippen molar-refractivity contribution in [3.63, 3.8) is 0 Å². The van der Waals surface area contributed by atoms with Gasteiger partial charge in [0.15, 0.2) is 0 Å². The van der Waals surface area contributed by atoms with Gasteiger partial charge in [-0.1, -0.05) is 62.9 Å². The SMILES string of the molecule is C=CC1=C(/C=C\C)c2ccccc2C1(C)CC. The van der Waals surface area contributed by atoms with E-state index in [0.29, 0.717) is 0 Å². The Hall–Kier alpha value is -1.56. The predicted octanol–water partition coefficient (Wildman–Crippen LogP) is 4.88. The number of allylic oxidation sites excluding steroid dienone is 5. The van der Waals surface area contributed by atoms with Crippen LogP contribution in [0.5, 0.6) is 0 Å². The Morgan fingerprint density at radius 1 is 1.29 bits per heavy atom. The molecule has 0 aliphatic heterocycles. The molecule has 0 radical (unpaired) electrons. The highest BCUT2D eigenvalue weighted by molar-refractivity contribution is 5.87. The van der Waals surface area contributed by atoms with Gasteiger partial charge in [-0.2, -0.15) is 0 Å². The van der Waals surface area contributed by atoms with E-state index >= 15 is 0 Å². The molecule has 0 nitrogen and oxygen atoms in total. The van der Waals surface area contributed by atoms with Crippen molar-refractivity contribution in [3.8, 4) is 0 Å². The molecule has 0 bridgehead atoms. The number of rotatable bonds is 3. The van der Waals surface area contributed by atoms with Crippen LogP contribution >= 0.6 is 0 Å². The van der Waals surface area contributed by atoms with Gasteiger partial charge in [0.25, 0.3) is 0 Å². The Kier molecular flexibility index (Phi) is 3.06. The maximum atomic E-state index is 4.01. The average Bonchev–Trinajstić information content (AvgIpc) is 2.61. The fraction of sp³-hybridized carbons (Fsp3) is 0.294. The summed E-state index contributed by atoms with van der Waals surface area (Å²) in [5.74, 6) is 0. The molecule has 1 aliphatic rings. The molecule has 2 rings (SSSR count). The van der Waals surface area contributed by atoms with Gasteiger partial charge < -0.3 is 0 Å². The standard InChI is InChI=1S/C17H20/c1-5-10-13-14-11-8-9-12-16(14)17(4,7-3)15(13)6-2/h5-6,8-12H,2,7H2,1,3-4H3/b10-5-. The van der Waals surface area contributed by atoms with Crippen LogP contribution in [0, 0.1) is 0 Å². The third kappa shape index (κ3) is 1.59. The maximum absolute atomic E-state index is 4.01. The van der Waals surface area contributed by atoms with Gasteiger partial charge >= 0.3 is 0 Å². The molecule has 1 aliphatic carbocycles. The van der Waals surface area contributed by atoms with Crippen LogP contribution in [-0.4, -0.2) is 0 Å². The second-order valence-electron chi connectivity index (χ2n) is 4.76. The molecule has 0 heterocycles. The van der Waals surface area contributed by atoms with E-state index in [1.54, 1.807) is 0 Å². The zero-order valence-corrected chi connectivity index (χ0v) is 11.0. The average molecular weight is 224 g/mol. The summed E-state index contributed by atoms with van der Waals surface area (Å²) in [6, 6.07) is 8.71. The Bertz CT molecular complexity index is 503. The van der Waals surface area contributed by atoms with Crippen LogP contribution < -0.4 is 0 Å². The molecule has 0 fully saturated rings. The second-order valence-corrected chi connectivity index (χ2v) is 4.76. The first-order valence-corrected chi connectivity index (χ1v) is 6.28. The summed E-state index contributed by atoms with van der Waals surface area (Å²) in [5, 5.41) is 0. The number of benzene rings is 1. The lowest BCUT2D eigenvalue weighted by Crippen LogP contribution is -2.19. The lowest BCUT2D eigenvalue weighted by Gasteiger charge is -2.26. The molecular weight excluding hydrogens is 204 g/mol. The number of hydrogen-bond acceptors (Lipinski definition) is 0. The van der Waals surface area contributed by atoms with E-state index in [0.717, 1.165) is 6.42 Å². The molecule has 88 valence electrons. The lowest BCUT2D eigenvalue weighted by atomic mass is 9.77. The van der Waals surface area contributed by atoms with E-state index in [-0.39, 0.29) is 5.41 Å². The summed E-state index contributed by atoms with van der Waals surface area (Å²) in [5.41, 5.74) is 5.62. The molecule has 1 aromatic rings. The van der Waals surface area contributed by atoms with E-state index in [1.165, 1.54) is 22.3 Å². The highest BCUT2D eigenvalue weighted by Crippen LogP contribution is 2.48. The third-order valence-corrected chi connectivity index (χ3v) is 3.94. The van der Waals surface area contributed by atoms with Gasteiger partial charge in [-0.25, -0.2) is 0 Å². The number of hydrogen-bond donors (Lipinski definition) is 0. The molecule has 0 saturated carbocycles. The Balaban J connectivity index is 2.76. The van der Waals surface area contributed by atoms with E-state index in [4.69, 9.17) is 0 Å². The summed E-state index contributed by atoms with van der Waals surface area (Å²) in [4.78, 5) is 0. The minimum absolute atomic E-state index is 0.118. The molecule has 17 heavy (non-hydrogen) atoms. The van der Waals surface area contributed by atoms with Crippen molar-refractivity contribution in [2.45, 2.75) is 32.6 Å². The predicted molar refractivity (Wildman–Crippen MR) is 76.0 cm³/mol. The van der Waals surface area contributed by atoms with Gasteiger partial charge in [0.2, 0.25) is 0 Å². The first-order chi connectivity index (χ1) is 8.19. The lowest BCUT2D eigenvalue weighted by molar-refractivity contribution is 0.560. The van der Waals surface area contributed by atoms with Crippen molar-refractivity contribution in [2.24, 2.45) is 0 Å². The van der Waals surface area contributed by atoms with Crippen LogP contribution in [0.4, 0.5) is 0 Å². The van der Waals surface area contributed by atoms with Crippen molar-refractivity contribution in [2.75, 3.05) is 0 Å². The molecule has 0 spiro atoms. The molecule has 0 amide bonds. The Morgan fingerprint density at radius 2 is 2.00 bits per heavy atom. The summed E-state index contributed by atoms with van der Waals surface area (Å²) < 4.78 is 0. The fourth-order valence-corrected chi connectivity index (χ4v) is 2.85. The maximum Gasteiger partial charge on any atom is 0.0184 e. The molecule has 1 aromatic carbocycles. The first kappa shape index (κ1) is 11.9. The van der Waals surface area contributed by atoms with Gasteiger partial charge in [-0.15, -0.1) is 0 Å². The summed E-state index contributed by atoms with van der Waals surface area (Å²) in [6.07, 6.45) is 7.44. The van der Waals surface area contributed by atoms with E-state index in [1.807, 2.05) is 6.08 Å². The van der Waals surface area contributed by atoms with Crippen LogP contribution in [0.15, 0.2) is 54.6 Å². The van der Waals surface area contributed by atoms with Crippen molar-refractivity contribution in [1.82, 2.24) is 0 Å². The molecule has 0 heteroatoms. The highest BCUT2D eigenvalue weighted by atomic mass is 14.4. The summed E-state index contributed by atoms with van der Waals surface area (Å²) in [6.45, 7) is 10.6. The molecule has 0 aromatic heterocycles. The third-order valence-electron chi connectivity index (χ3n) is 3.94. The van der Waals surface area contributed by atoms with Gasteiger partial charge in [0, 0.05) is 5.41 Å².